The minimum absolute atomic E-state index is 0.0927. The van der Waals surface area contributed by atoms with Crippen molar-refractivity contribution in [3.63, 3.8) is 0 Å². The van der Waals surface area contributed by atoms with E-state index in [1.807, 2.05) is 6.08 Å². The Bertz CT molecular complexity index is 1470. The van der Waals surface area contributed by atoms with Gasteiger partial charge in [-0.3, -0.25) is 0 Å². The number of nitrogens with zero attached hydrogens (tertiary/aromatic N) is 5. The van der Waals surface area contributed by atoms with Gasteiger partial charge in [-0.05, 0) is 83.7 Å². The van der Waals surface area contributed by atoms with E-state index in [2.05, 4.69) is 44.7 Å². The maximum atomic E-state index is 16.0. The molecule has 9 heteroatoms. The van der Waals surface area contributed by atoms with E-state index in [1.54, 1.807) is 13.0 Å². The first-order valence-corrected chi connectivity index (χ1v) is 16.3. The summed E-state index contributed by atoms with van der Waals surface area (Å²) in [6.07, 6.45) is 12.1. The molecule has 2 aromatic rings. The molecule has 1 aromatic heterocycles. The first kappa shape index (κ1) is 30.6. The van der Waals surface area contributed by atoms with E-state index in [4.69, 9.17) is 0 Å². The number of nitrogens with one attached hydrogen (secondary N) is 1. The molecule has 7 rings (SSSR count). The van der Waals surface area contributed by atoms with Crippen molar-refractivity contribution >= 4 is 17.7 Å². The number of nitriles is 1. The summed E-state index contributed by atoms with van der Waals surface area (Å²) >= 11 is 0. The standard InChI is InChI=1S/C35H43F3N6/c1-23-10-7-5-4-6-8-17-43-18-13-26(14-19-43)35(37,38)29-12-9-11-27(31(29)36)24(2)42-32-28-20-30(34(21-39)15-16-34)25(3)44(23)33(28)41-22-40-32/h9,11-12,20,22-24,26H,3-8,10,13-19H2,1-2H3,(H,40,41,42)/t23?,24-/m1/s1. The van der Waals surface area contributed by atoms with Crippen LogP contribution in [0.1, 0.15) is 101 Å². The zero-order chi connectivity index (χ0) is 31.1. The van der Waals surface area contributed by atoms with E-state index in [0.717, 1.165) is 69.2 Å². The molecule has 6 nitrogen and oxygen atoms in total. The number of rotatable bonds is 1. The fourth-order valence-corrected chi connectivity index (χ4v) is 7.37. The van der Waals surface area contributed by atoms with Gasteiger partial charge in [0, 0.05) is 23.2 Å². The minimum Gasteiger partial charge on any atom is -0.363 e. The monoisotopic (exact) mass is 604 g/mol. The van der Waals surface area contributed by atoms with Gasteiger partial charge >= 0.3 is 0 Å². The molecule has 1 saturated heterocycles. The second-order valence-electron chi connectivity index (χ2n) is 13.2. The lowest BCUT2D eigenvalue weighted by atomic mass is 9.85. The molecule has 5 heterocycles. The largest absolute Gasteiger partial charge is 0.363 e. The molecule has 2 atom stereocenters. The Kier molecular flexibility index (Phi) is 8.49. The average Bonchev–Trinajstić information content (AvgIpc) is 3.81. The molecule has 0 spiro atoms. The summed E-state index contributed by atoms with van der Waals surface area (Å²) in [6.45, 7) is 10.5. The zero-order valence-corrected chi connectivity index (χ0v) is 25.9. The Balaban J connectivity index is 1.39. The van der Waals surface area contributed by atoms with Crippen LogP contribution in [0.15, 0.2) is 42.4 Å². The van der Waals surface area contributed by atoms with Gasteiger partial charge in [0.25, 0.3) is 5.92 Å². The molecule has 1 aromatic carbocycles. The van der Waals surface area contributed by atoms with E-state index < -0.39 is 34.7 Å². The summed E-state index contributed by atoms with van der Waals surface area (Å²) in [7, 11) is 0. The van der Waals surface area contributed by atoms with Gasteiger partial charge in [-0.15, -0.1) is 0 Å². The summed E-state index contributed by atoms with van der Waals surface area (Å²) in [5, 5.41) is 13.4. The van der Waals surface area contributed by atoms with Crippen LogP contribution >= 0.6 is 0 Å². The van der Waals surface area contributed by atoms with E-state index in [9.17, 15) is 5.26 Å². The number of hydrogen-bond acceptors (Lipinski definition) is 6. The molecule has 2 fully saturated rings. The van der Waals surface area contributed by atoms with E-state index in [1.165, 1.54) is 18.5 Å². The van der Waals surface area contributed by atoms with E-state index in [0.29, 0.717) is 43.1 Å². The molecule has 4 aliphatic heterocycles. The number of alkyl halides is 2. The second-order valence-corrected chi connectivity index (χ2v) is 13.2. The number of allylic oxidation sites excluding steroid dienone is 1. The number of fused-ring (bicyclic) bond motifs is 10. The quantitative estimate of drug-likeness (QED) is 0.353. The molecule has 1 aliphatic carbocycles. The third kappa shape index (κ3) is 5.62. The lowest BCUT2D eigenvalue weighted by Crippen LogP contribution is -2.40. The van der Waals surface area contributed by atoms with Crippen LogP contribution in [0, 0.1) is 28.5 Å². The molecule has 1 N–H and O–H groups in total. The van der Waals surface area contributed by atoms with Crippen LogP contribution in [-0.2, 0) is 5.92 Å². The minimum atomic E-state index is -3.26. The second kappa shape index (κ2) is 12.2. The first-order valence-electron chi connectivity index (χ1n) is 16.3. The third-order valence-electron chi connectivity index (χ3n) is 10.3. The molecule has 1 saturated carbocycles. The fraction of sp³-hybridized carbons (Fsp3) is 0.571. The Labute approximate surface area is 259 Å². The highest BCUT2D eigenvalue weighted by Gasteiger charge is 2.50. The normalized spacial score (nSPS) is 28.5. The summed E-state index contributed by atoms with van der Waals surface area (Å²) in [5.74, 6) is -3.85. The first-order chi connectivity index (χ1) is 21.2. The number of aromatic nitrogens is 2. The fourth-order valence-electron chi connectivity index (χ4n) is 7.37. The highest BCUT2D eigenvalue weighted by Crippen LogP contribution is 2.57. The van der Waals surface area contributed by atoms with E-state index in [-0.39, 0.29) is 11.6 Å². The van der Waals surface area contributed by atoms with Crippen LogP contribution in [0.3, 0.4) is 0 Å². The summed E-state index contributed by atoms with van der Waals surface area (Å²) in [4.78, 5) is 13.6. The molecular formula is C35H43F3N6. The van der Waals surface area contributed by atoms with Gasteiger partial charge < -0.3 is 15.1 Å². The van der Waals surface area contributed by atoms with Crippen LogP contribution < -0.4 is 10.2 Å². The van der Waals surface area contributed by atoms with Gasteiger partial charge in [0.05, 0.1) is 28.7 Å². The molecule has 5 aliphatic rings. The van der Waals surface area contributed by atoms with Crippen molar-refractivity contribution in [2.45, 2.75) is 96.1 Å². The zero-order valence-electron chi connectivity index (χ0n) is 25.9. The van der Waals surface area contributed by atoms with Crippen molar-refractivity contribution in [2.75, 3.05) is 29.9 Å². The number of halogens is 3. The van der Waals surface area contributed by atoms with Crippen molar-refractivity contribution in [3.05, 3.63) is 64.9 Å². The molecule has 0 amide bonds. The van der Waals surface area contributed by atoms with Gasteiger partial charge in [0.15, 0.2) is 0 Å². The maximum absolute atomic E-state index is 16.0. The van der Waals surface area contributed by atoms with Crippen LogP contribution in [0.4, 0.5) is 24.8 Å². The predicted molar refractivity (Wildman–Crippen MR) is 168 cm³/mol. The lowest BCUT2D eigenvalue weighted by molar-refractivity contribution is -0.0880. The van der Waals surface area contributed by atoms with Gasteiger partial charge in [-0.25, -0.2) is 23.1 Å². The van der Waals surface area contributed by atoms with Crippen molar-refractivity contribution < 1.29 is 13.2 Å². The highest BCUT2D eigenvalue weighted by molar-refractivity contribution is 5.84. The van der Waals surface area contributed by atoms with Crippen LogP contribution in [0.5, 0.6) is 0 Å². The molecule has 44 heavy (non-hydrogen) atoms. The van der Waals surface area contributed by atoms with Crippen LogP contribution in [-0.4, -0.2) is 40.5 Å². The van der Waals surface area contributed by atoms with Gasteiger partial charge in [-0.2, -0.15) is 5.26 Å². The molecule has 0 radical (unpaired) electrons. The number of piperidine rings is 1. The number of anilines is 2. The average molecular weight is 605 g/mol. The highest BCUT2D eigenvalue weighted by atomic mass is 19.3. The summed E-state index contributed by atoms with van der Waals surface area (Å²) in [6, 6.07) is 6.28. The van der Waals surface area contributed by atoms with Crippen molar-refractivity contribution in [1.29, 1.82) is 5.26 Å². The Morgan fingerprint density at radius 1 is 1.00 bits per heavy atom. The Morgan fingerprint density at radius 2 is 1.73 bits per heavy atom. The predicted octanol–water partition coefficient (Wildman–Crippen LogP) is 8.36. The smallest absolute Gasteiger partial charge is 0.278 e. The maximum Gasteiger partial charge on any atom is 0.278 e. The van der Waals surface area contributed by atoms with Crippen molar-refractivity contribution in [2.24, 2.45) is 11.3 Å². The molecular weight excluding hydrogens is 561 g/mol. The lowest BCUT2D eigenvalue weighted by Gasteiger charge is -2.38. The molecule has 234 valence electrons. The van der Waals surface area contributed by atoms with Crippen LogP contribution in [0.2, 0.25) is 0 Å². The van der Waals surface area contributed by atoms with Gasteiger partial charge in [-0.1, -0.05) is 50.5 Å². The van der Waals surface area contributed by atoms with Gasteiger partial charge in [0.1, 0.15) is 23.8 Å². The van der Waals surface area contributed by atoms with Gasteiger partial charge in [0.2, 0.25) is 0 Å². The third-order valence-corrected chi connectivity index (χ3v) is 10.3. The SMILES string of the molecule is C=C1C(C2(C#N)CC2)=Cc2c3ncnc2N1C(C)CCCCCCCN1CCC(CC1)C(F)(F)c1cccc(c1F)[C@@H](C)N3. The molecule has 1 unspecified atom stereocenters. The van der Waals surface area contributed by atoms with Crippen LogP contribution in [0.25, 0.3) is 6.08 Å². The van der Waals surface area contributed by atoms with E-state index >= 15 is 13.2 Å². The summed E-state index contributed by atoms with van der Waals surface area (Å²) in [5.41, 5.74) is 1.43. The number of benzene rings is 1. The molecule has 8 bridgehead atoms. The Morgan fingerprint density at radius 3 is 2.45 bits per heavy atom. The topological polar surface area (TPSA) is 68.1 Å². The Hall–Kier alpha value is -3.38. The van der Waals surface area contributed by atoms with Crippen molar-refractivity contribution in [1.82, 2.24) is 14.9 Å². The number of hydrogen-bond donors (Lipinski definition) is 1. The van der Waals surface area contributed by atoms with Crippen molar-refractivity contribution in [3.8, 4) is 6.07 Å². The summed E-state index contributed by atoms with van der Waals surface area (Å²) < 4.78 is 47.8.